The fraction of sp³-hybridized carbons (Fsp3) is 0.250. The molecule has 3 aromatic carbocycles. The van der Waals surface area contributed by atoms with Gasteiger partial charge in [0.05, 0.1) is 15.3 Å². The lowest BCUT2D eigenvalue weighted by Gasteiger charge is -2.29. The molecule has 1 saturated carbocycles. The number of anilines is 1. The Morgan fingerprint density at radius 1 is 0.938 bits per heavy atom. The zero-order valence-corrected chi connectivity index (χ0v) is 18.8. The van der Waals surface area contributed by atoms with E-state index < -0.39 is 20.9 Å². The minimum absolute atomic E-state index is 0.0497. The Morgan fingerprint density at radius 2 is 1.59 bits per heavy atom. The molecule has 5 rings (SSSR count). The van der Waals surface area contributed by atoms with Crippen LogP contribution in [-0.2, 0) is 14.8 Å². The van der Waals surface area contributed by atoms with E-state index in [2.05, 4.69) is 0 Å². The van der Waals surface area contributed by atoms with Crippen LogP contribution in [0.25, 0.3) is 21.1 Å². The van der Waals surface area contributed by atoms with Crippen molar-refractivity contribution in [2.75, 3.05) is 4.31 Å². The lowest BCUT2D eigenvalue weighted by atomic mass is 9.88. The third-order valence-electron chi connectivity index (χ3n) is 5.97. The first kappa shape index (κ1) is 20.9. The molecule has 0 saturated heterocycles. The van der Waals surface area contributed by atoms with Gasteiger partial charge in [0.15, 0.2) is 5.58 Å². The van der Waals surface area contributed by atoms with Crippen LogP contribution in [0.5, 0.6) is 0 Å². The molecule has 0 spiro atoms. The van der Waals surface area contributed by atoms with Gasteiger partial charge >= 0.3 is 4.94 Å². The Hall–Kier alpha value is -2.97. The van der Waals surface area contributed by atoms with Gasteiger partial charge < -0.3 is 4.42 Å². The molecule has 1 fully saturated rings. The molecule has 1 amide bonds. The average molecular weight is 468 g/mol. The molecule has 1 aromatic heterocycles. The van der Waals surface area contributed by atoms with E-state index in [-0.39, 0.29) is 16.5 Å². The highest BCUT2D eigenvalue weighted by atomic mass is 32.2. The molecule has 164 valence electrons. The first-order valence-corrected chi connectivity index (χ1v) is 12.8. The zero-order valence-electron chi connectivity index (χ0n) is 17.2. The van der Waals surface area contributed by atoms with Gasteiger partial charge in [-0.1, -0.05) is 73.1 Å². The molecule has 4 aromatic rings. The lowest BCUT2D eigenvalue weighted by molar-refractivity contribution is -0.122. The quantitative estimate of drug-likeness (QED) is 0.406. The van der Waals surface area contributed by atoms with Crippen molar-refractivity contribution in [3.63, 3.8) is 0 Å². The predicted octanol–water partition coefficient (Wildman–Crippen LogP) is 5.31. The Morgan fingerprint density at radius 3 is 2.31 bits per heavy atom. The molecule has 0 unspecified atom stereocenters. The Balaban J connectivity index is 1.79. The highest BCUT2D eigenvalue weighted by Crippen LogP contribution is 2.39. The van der Waals surface area contributed by atoms with E-state index >= 15 is 0 Å². The Kier molecular flexibility index (Phi) is 5.35. The van der Waals surface area contributed by atoms with Crippen molar-refractivity contribution in [3.05, 3.63) is 70.4 Å². The first-order chi connectivity index (χ1) is 15.5. The standard InChI is InChI=1S/C24H21NO5S2/c26-23(16-9-3-1-4-10-16)25(32(28,29)17-11-5-2-6-12-17)20-15-21-22(30-24(27)31-21)19-14-8-7-13-18(19)20/h2,5-8,11-16H,1,3-4,9-10H2. The van der Waals surface area contributed by atoms with E-state index in [0.717, 1.165) is 34.9 Å². The van der Waals surface area contributed by atoms with Crippen molar-refractivity contribution in [1.82, 2.24) is 0 Å². The van der Waals surface area contributed by atoms with E-state index in [9.17, 15) is 18.0 Å². The van der Waals surface area contributed by atoms with Crippen molar-refractivity contribution in [2.45, 2.75) is 37.0 Å². The summed E-state index contributed by atoms with van der Waals surface area (Å²) in [7, 11) is -4.18. The molecule has 1 aliphatic rings. The number of amides is 1. The number of carbonyl (C=O) groups is 1. The van der Waals surface area contributed by atoms with Gasteiger partial charge in [-0.25, -0.2) is 17.5 Å². The molecule has 0 radical (unpaired) electrons. The summed E-state index contributed by atoms with van der Waals surface area (Å²) in [5.41, 5.74) is 0.658. The van der Waals surface area contributed by atoms with Crippen LogP contribution in [0.2, 0.25) is 0 Å². The molecule has 6 nitrogen and oxygen atoms in total. The topological polar surface area (TPSA) is 84.7 Å². The first-order valence-electron chi connectivity index (χ1n) is 10.6. The molecule has 1 heterocycles. The number of fused-ring (bicyclic) bond motifs is 3. The second-order valence-electron chi connectivity index (χ2n) is 7.98. The summed E-state index contributed by atoms with van der Waals surface area (Å²) in [6.45, 7) is 0. The summed E-state index contributed by atoms with van der Waals surface area (Å²) >= 11 is 0.897. The molecule has 8 heteroatoms. The van der Waals surface area contributed by atoms with Crippen molar-refractivity contribution >= 4 is 54.0 Å². The highest BCUT2D eigenvalue weighted by Gasteiger charge is 2.37. The largest absolute Gasteiger partial charge is 0.413 e. The number of benzene rings is 3. The van der Waals surface area contributed by atoms with Crippen molar-refractivity contribution in [2.24, 2.45) is 5.92 Å². The minimum atomic E-state index is -4.18. The smallest absolute Gasteiger partial charge is 0.396 e. The van der Waals surface area contributed by atoms with E-state index in [4.69, 9.17) is 4.42 Å². The maximum Gasteiger partial charge on any atom is 0.396 e. The fourth-order valence-corrected chi connectivity index (χ4v) is 6.65. The fourth-order valence-electron chi connectivity index (χ4n) is 4.43. The van der Waals surface area contributed by atoms with Crippen molar-refractivity contribution in [3.8, 4) is 0 Å². The molecule has 1 aliphatic carbocycles. The van der Waals surface area contributed by atoms with Gasteiger partial charge in [-0.3, -0.25) is 4.79 Å². The van der Waals surface area contributed by atoms with Gasteiger partial charge in [0.1, 0.15) is 0 Å². The molecule has 32 heavy (non-hydrogen) atoms. The second-order valence-corrected chi connectivity index (χ2v) is 10.7. The van der Waals surface area contributed by atoms with Crippen LogP contribution in [0.3, 0.4) is 0 Å². The van der Waals surface area contributed by atoms with Gasteiger partial charge in [-0.15, -0.1) is 0 Å². The van der Waals surface area contributed by atoms with Crippen LogP contribution >= 0.6 is 11.3 Å². The molecular weight excluding hydrogens is 446 g/mol. The van der Waals surface area contributed by atoms with Crippen LogP contribution in [0.1, 0.15) is 32.1 Å². The van der Waals surface area contributed by atoms with E-state index in [1.54, 1.807) is 48.5 Å². The summed E-state index contributed by atoms with van der Waals surface area (Å²) in [6, 6.07) is 16.7. The minimum Gasteiger partial charge on any atom is -0.413 e. The number of nitrogens with zero attached hydrogens (tertiary/aromatic N) is 1. The SMILES string of the molecule is O=C(C1CCCCC1)N(c1cc2sc(=O)oc2c2ccccc12)S(=O)(=O)c1ccccc1. The summed E-state index contributed by atoms with van der Waals surface area (Å²) < 4.78 is 34.5. The average Bonchev–Trinajstić information content (AvgIpc) is 3.20. The predicted molar refractivity (Wildman–Crippen MR) is 126 cm³/mol. The zero-order chi connectivity index (χ0) is 22.3. The number of sulfonamides is 1. The highest BCUT2D eigenvalue weighted by molar-refractivity contribution is 7.93. The summed E-state index contributed by atoms with van der Waals surface area (Å²) in [5, 5.41) is 1.15. The van der Waals surface area contributed by atoms with Crippen LogP contribution in [0.15, 0.2) is 74.8 Å². The molecule has 0 atom stereocenters. The number of hydrogen-bond acceptors (Lipinski definition) is 6. The Bertz CT molecular complexity index is 1460. The Labute approximate surface area is 189 Å². The van der Waals surface area contributed by atoms with E-state index in [1.807, 2.05) is 0 Å². The molecule has 0 aliphatic heterocycles. The summed E-state index contributed by atoms with van der Waals surface area (Å²) in [4.78, 5) is 25.3. The summed E-state index contributed by atoms with van der Waals surface area (Å²) in [5.74, 6) is -0.784. The number of rotatable bonds is 4. The van der Waals surface area contributed by atoms with Gasteiger partial charge in [-0.2, -0.15) is 0 Å². The van der Waals surface area contributed by atoms with Crippen molar-refractivity contribution in [1.29, 1.82) is 0 Å². The third kappa shape index (κ3) is 3.53. The maximum atomic E-state index is 13.8. The van der Waals surface area contributed by atoms with Gasteiger partial charge in [-0.05, 0) is 31.0 Å². The van der Waals surface area contributed by atoms with Crippen molar-refractivity contribution < 1.29 is 17.6 Å². The lowest BCUT2D eigenvalue weighted by Crippen LogP contribution is -2.41. The monoisotopic (exact) mass is 467 g/mol. The summed E-state index contributed by atoms with van der Waals surface area (Å²) in [6.07, 6.45) is 4.18. The van der Waals surface area contributed by atoms with Crippen LogP contribution in [0, 0.1) is 5.92 Å². The van der Waals surface area contributed by atoms with Gasteiger partial charge in [0.2, 0.25) is 5.91 Å². The van der Waals surface area contributed by atoms with Crippen LogP contribution in [-0.4, -0.2) is 14.3 Å². The number of hydrogen-bond donors (Lipinski definition) is 0. The number of carbonyl (C=O) groups excluding carboxylic acids is 1. The second kappa shape index (κ2) is 8.18. The van der Waals surface area contributed by atoms with E-state index in [0.29, 0.717) is 33.9 Å². The van der Waals surface area contributed by atoms with Crippen LogP contribution in [0.4, 0.5) is 5.69 Å². The molecule has 0 N–H and O–H groups in total. The third-order valence-corrected chi connectivity index (χ3v) is 8.47. The molecular formula is C24H21NO5S2. The van der Waals surface area contributed by atoms with E-state index in [1.165, 1.54) is 12.1 Å². The normalized spacial score (nSPS) is 15.2. The van der Waals surface area contributed by atoms with Crippen LogP contribution < -0.4 is 9.24 Å². The maximum absolute atomic E-state index is 13.8. The molecule has 0 bridgehead atoms. The van der Waals surface area contributed by atoms with Gasteiger partial charge in [0, 0.05) is 16.7 Å². The van der Waals surface area contributed by atoms with Gasteiger partial charge in [0.25, 0.3) is 10.0 Å².